The number of non-ortho nitro benzene ring substituents is 1. The van der Waals surface area contributed by atoms with E-state index in [1.165, 1.54) is 11.6 Å². The van der Waals surface area contributed by atoms with Crippen molar-refractivity contribution in [3.05, 3.63) is 75.8 Å². The molecule has 0 aromatic heterocycles. The number of nitrogens with zero attached hydrogens (tertiary/aromatic N) is 2. The van der Waals surface area contributed by atoms with Crippen LogP contribution in [0.15, 0.2) is 54.6 Å². The maximum absolute atomic E-state index is 10.8. The fourth-order valence-corrected chi connectivity index (χ4v) is 2.47. The minimum Gasteiger partial charge on any atom is -0.303 e. The smallest absolute Gasteiger partial charge is 0.269 e. The van der Waals surface area contributed by atoms with Gasteiger partial charge in [0.15, 0.2) is 0 Å². The molecule has 0 radical (unpaired) electrons. The van der Waals surface area contributed by atoms with Crippen LogP contribution in [0.2, 0.25) is 0 Å². The summed E-state index contributed by atoms with van der Waals surface area (Å²) in [5.41, 5.74) is 2.54. The van der Waals surface area contributed by atoms with Gasteiger partial charge in [-0.2, -0.15) is 0 Å². The van der Waals surface area contributed by atoms with Crippen molar-refractivity contribution in [2.24, 2.45) is 0 Å². The number of rotatable bonds is 8. The number of likely N-dealkylation sites (N-methyl/N-ethyl adjacent to an activating group) is 1. The fourth-order valence-electron chi connectivity index (χ4n) is 2.47. The van der Waals surface area contributed by atoms with Gasteiger partial charge in [-0.05, 0) is 30.5 Å². The summed E-state index contributed by atoms with van der Waals surface area (Å²) in [6.45, 7) is 5.07. The molecule has 0 saturated heterocycles. The Morgan fingerprint density at radius 1 is 0.955 bits per heavy atom. The van der Waals surface area contributed by atoms with Crippen LogP contribution in [0.4, 0.5) is 5.69 Å². The molecule has 0 spiro atoms. The van der Waals surface area contributed by atoms with E-state index >= 15 is 0 Å². The standard InChI is InChI=1S/C18H22N2O2/c1-2-19(13-11-16-7-4-3-5-8-16)14-12-17-9-6-10-18(15-17)20(21)22/h3-10,15H,2,11-14H2,1H3. The van der Waals surface area contributed by atoms with E-state index in [1.54, 1.807) is 12.1 Å². The van der Waals surface area contributed by atoms with Gasteiger partial charge in [-0.1, -0.05) is 49.4 Å². The highest BCUT2D eigenvalue weighted by atomic mass is 16.6. The predicted octanol–water partition coefficient (Wildman–Crippen LogP) is 3.70. The van der Waals surface area contributed by atoms with E-state index in [9.17, 15) is 10.1 Å². The van der Waals surface area contributed by atoms with Crippen LogP contribution in [0.25, 0.3) is 0 Å². The Kier molecular flexibility index (Phi) is 6.10. The first-order valence-corrected chi connectivity index (χ1v) is 7.68. The summed E-state index contributed by atoms with van der Waals surface area (Å²) in [5.74, 6) is 0. The molecule has 0 atom stereocenters. The Bertz CT molecular complexity index is 599. The summed E-state index contributed by atoms with van der Waals surface area (Å²) < 4.78 is 0. The number of nitro benzene ring substituents is 1. The number of hydrogen-bond donors (Lipinski definition) is 0. The molecule has 0 heterocycles. The summed E-state index contributed by atoms with van der Waals surface area (Å²) in [4.78, 5) is 12.8. The van der Waals surface area contributed by atoms with Gasteiger partial charge in [0.1, 0.15) is 0 Å². The van der Waals surface area contributed by atoms with Gasteiger partial charge in [0.25, 0.3) is 5.69 Å². The molecule has 2 aromatic carbocycles. The molecular weight excluding hydrogens is 276 g/mol. The minimum absolute atomic E-state index is 0.171. The average molecular weight is 298 g/mol. The van der Waals surface area contributed by atoms with Crippen molar-refractivity contribution in [1.29, 1.82) is 0 Å². The van der Waals surface area contributed by atoms with E-state index in [0.717, 1.165) is 38.0 Å². The number of benzene rings is 2. The van der Waals surface area contributed by atoms with Crippen molar-refractivity contribution in [1.82, 2.24) is 4.90 Å². The van der Waals surface area contributed by atoms with Crippen LogP contribution in [0.3, 0.4) is 0 Å². The van der Waals surface area contributed by atoms with Gasteiger partial charge in [0, 0.05) is 25.2 Å². The lowest BCUT2D eigenvalue weighted by Crippen LogP contribution is -2.28. The van der Waals surface area contributed by atoms with Crippen molar-refractivity contribution in [2.45, 2.75) is 19.8 Å². The van der Waals surface area contributed by atoms with E-state index in [4.69, 9.17) is 0 Å². The van der Waals surface area contributed by atoms with Crippen molar-refractivity contribution < 1.29 is 4.92 Å². The first kappa shape index (κ1) is 16.2. The Balaban J connectivity index is 1.85. The molecule has 0 unspecified atom stereocenters. The van der Waals surface area contributed by atoms with Gasteiger partial charge in [0.2, 0.25) is 0 Å². The van der Waals surface area contributed by atoms with Crippen molar-refractivity contribution in [2.75, 3.05) is 19.6 Å². The molecule has 0 aliphatic rings. The highest BCUT2D eigenvalue weighted by Gasteiger charge is 2.07. The second-order valence-electron chi connectivity index (χ2n) is 5.35. The third-order valence-corrected chi connectivity index (χ3v) is 3.84. The van der Waals surface area contributed by atoms with E-state index < -0.39 is 0 Å². The van der Waals surface area contributed by atoms with Crippen molar-refractivity contribution >= 4 is 5.69 Å². The zero-order valence-corrected chi connectivity index (χ0v) is 12.9. The van der Waals surface area contributed by atoms with Crippen LogP contribution in [0.1, 0.15) is 18.1 Å². The van der Waals surface area contributed by atoms with Gasteiger partial charge in [-0.3, -0.25) is 10.1 Å². The highest BCUT2D eigenvalue weighted by molar-refractivity contribution is 5.34. The summed E-state index contributed by atoms with van der Waals surface area (Å²) >= 11 is 0. The molecular formula is C18H22N2O2. The Morgan fingerprint density at radius 2 is 1.59 bits per heavy atom. The molecule has 0 fully saturated rings. The molecule has 0 N–H and O–H groups in total. The minimum atomic E-state index is -0.337. The summed E-state index contributed by atoms with van der Waals surface area (Å²) in [5, 5.41) is 10.8. The molecule has 0 aliphatic carbocycles. The molecule has 0 saturated carbocycles. The maximum Gasteiger partial charge on any atom is 0.269 e. The molecule has 22 heavy (non-hydrogen) atoms. The number of hydrogen-bond acceptors (Lipinski definition) is 3. The third kappa shape index (κ3) is 4.97. The second-order valence-corrected chi connectivity index (χ2v) is 5.35. The normalized spacial score (nSPS) is 10.8. The van der Waals surface area contributed by atoms with E-state index in [1.807, 2.05) is 12.1 Å². The summed E-state index contributed by atoms with van der Waals surface area (Å²) in [6.07, 6.45) is 1.87. The van der Waals surface area contributed by atoms with Crippen LogP contribution in [-0.4, -0.2) is 29.5 Å². The Morgan fingerprint density at radius 3 is 2.23 bits per heavy atom. The average Bonchev–Trinajstić information content (AvgIpc) is 2.56. The first-order chi connectivity index (χ1) is 10.7. The molecule has 4 nitrogen and oxygen atoms in total. The Hall–Kier alpha value is -2.20. The lowest BCUT2D eigenvalue weighted by atomic mass is 10.1. The summed E-state index contributed by atoms with van der Waals surface area (Å²) in [6, 6.07) is 17.4. The zero-order chi connectivity index (χ0) is 15.8. The first-order valence-electron chi connectivity index (χ1n) is 7.68. The van der Waals surface area contributed by atoms with Crippen LogP contribution >= 0.6 is 0 Å². The van der Waals surface area contributed by atoms with Crippen LogP contribution < -0.4 is 0 Å². The molecule has 0 amide bonds. The fraction of sp³-hybridized carbons (Fsp3) is 0.333. The van der Waals surface area contributed by atoms with E-state index in [2.05, 4.69) is 36.1 Å². The van der Waals surface area contributed by atoms with Crippen LogP contribution in [-0.2, 0) is 12.8 Å². The maximum atomic E-state index is 10.8. The van der Waals surface area contributed by atoms with E-state index in [0.29, 0.717) is 0 Å². The van der Waals surface area contributed by atoms with Gasteiger partial charge < -0.3 is 4.90 Å². The molecule has 2 aromatic rings. The molecule has 116 valence electrons. The molecule has 0 bridgehead atoms. The lowest BCUT2D eigenvalue weighted by molar-refractivity contribution is -0.384. The quantitative estimate of drug-likeness (QED) is 0.551. The van der Waals surface area contributed by atoms with Crippen LogP contribution in [0.5, 0.6) is 0 Å². The monoisotopic (exact) mass is 298 g/mol. The van der Waals surface area contributed by atoms with Crippen LogP contribution in [0, 0.1) is 10.1 Å². The van der Waals surface area contributed by atoms with Gasteiger partial charge >= 0.3 is 0 Å². The largest absolute Gasteiger partial charge is 0.303 e. The van der Waals surface area contributed by atoms with Crippen molar-refractivity contribution in [3.63, 3.8) is 0 Å². The topological polar surface area (TPSA) is 46.4 Å². The summed E-state index contributed by atoms with van der Waals surface area (Å²) in [7, 11) is 0. The van der Waals surface area contributed by atoms with Gasteiger partial charge in [-0.25, -0.2) is 0 Å². The molecule has 2 rings (SSSR count). The Labute approximate surface area is 131 Å². The SMILES string of the molecule is CCN(CCc1ccccc1)CCc1cccc([N+](=O)[O-])c1. The van der Waals surface area contributed by atoms with Gasteiger partial charge in [-0.15, -0.1) is 0 Å². The second kappa shape index (κ2) is 8.29. The highest BCUT2D eigenvalue weighted by Crippen LogP contribution is 2.14. The van der Waals surface area contributed by atoms with Gasteiger partial charge in [0.05, 0.1) is 4.92 Å². The predicted molar refractivity (Wildman–Crippen MR) is 89.1 cm³/mol. The lowest BCUT2D eigenvalue weighted by Gasteiger charge is -2.20. The third-order valence-electron chi connectivity index (χ3n) is 3.84. The zero-order valence-electron chi connectivity index (χ0n) is 12.9. The number of nitro groups is 1. The molecule has 0 aliphatic heterocycles. The van der Waals surface area contributed by atoms with E-state index in [-0.39, 0.29) is 10.6 Å². The molecule has 4 heteroatoms. The van der Waals surface area contributed by atoms with Crippen molar-refractivity contribution in [3.8, 4) is 0 Å².